The number of benzene rings is 4. The fourth-order valence-electron chi connectivity index (χ4n) is 4.49. The average Bonchev–Trinajstić information content (AvgIpc) is 2.99. The average molecular weight is 513 g/mol. The molecule has 200 valence electrons. The Morgan fingerprint density at radius 3 is 0.622 bits per heavy atom. The van der Waals surface area contributed by atoms with Gasteiger partial charge in [-0.1, -0.05) is 199 Å². The van der Waals surface area contributed by atoms with Crippen LogP contribution in [0.3, 0.4) is 0 Å². The fourth-order valence-corrected chi connectivity index (χ4v) is 9.65. The van der Waals surface area contributed by atoms with Crippen molar-refractivity contribution in [1.82, 2.24) is 0 Å². The summed E-state index contributed by atoms with van der Waals surface area (Å²) in [6.07, 6.45) is 0. The van der Waals surface area contributed by atoms with E-state index in [-0.39, 0.29) is 0 Å². The van der Waals surface area contributed by atoms with E-state index in [1.807, 2.05) is 55.4 Å². The molecule has 0 N–H and O–H groups in total. The van der Waals surface area contributed by atoms with Gasteiger partial charge >= 0.3 is 0 Å². The van der Waals surface area contributed by atoms with Gasteiger partial charge in [-0.25, -0.2) is 0 Å². The van der Waals surface area contributed by atoms with Gasteiger partial charge in [-0.15, -0.1) is 0 Å². The van der Waals surface area contributed by atoms with Gasteiger partial charge in [0.2, 0.25) is 0 Å². The SMILES string of the molecule is CC.CC.CC.CC.c1ccc(C[Si](Cc2ccccc2)(Cc2ccccc2)Cc2ccccc2)cc1. The lowest BCUT2D eigenvalue weighted by atomic mass is 10.2. The standard InChI is InChI=1S/C28H28Si.4C2H6/c1-5-13-25(14-6-1)21-29(22-26-15-7-2-8-16-26,23-27-17-9-3-10-18-27)24-28-19-11-4-12-20-28;4*1-2/h1-20H,21-24H2;4*1-2H3. The van der Waals surface area contributed by atoms with Crippen LogP contribution in [0.15, 0.2) is 121 Å². The van der Waals surface area contributed by atoms with Crippen LogP contribution in [0.1, 0.15) is 77.6 Å². The van der Waals surface area contributed by atoms with Gasteiger partial charge in [0.05, 0.1) is 8.07 Å². The molecule has 0 unspecified atom stereocenters. The first-order chi connectivity index (χ1) is 18.3. The van der Waals surface area contributed by atoms with E-state index in [2.05, 4.69) is 121 Å². The summed E-state index contributed by atoms with van der Waals surface area (Å²) in [5.74, 6) is 0. The molecule has 0 aliphatic carbocycles. The molecule has 0 aromatic heterocycles. The van der Waals surface area contributed by atoms with Gasteiger partial charge in [0.1, 0.15) is 0 Å². The van der Waals surface area contributed by atoms with E-state index >= 15 is 0 Å². The van der Waals surface area contributed by atoms with Crippen LogP contribution in [0.4, 0.5) is 0 Å². The van der Waals surface area contributed by atoms with Gasteiger partial charge in [-0.3, -0.25) is 0 Å². The van der Waals surface area contributed by atoms with Gasteiger partial charge in [0.25, 0.3) is 0 Å². The summed E-state index contributed by atoms with van der Waals surface area (Å²) < 4.78 is 0. The Hall–Kier alpha value is -2.90. The van der Waals surface area contributed by atoms with E-state index in [1.165, 1.54) is 46.4 Å². The maximum atomic E-state index is 2.31. The second-order valence-electron chi connectivity index (χ2n) is 8.15. The van der Waals surface area contributed by atoms with Crippen LogP contribution in [-0.4, -0.2) is 8.07 Å². The maximum Gasteiger partial charge on any atom is 0.0710 e. The zero-order valence-corrected chi connectivity index (χ0v) is 25.9. The molecule has 4 rings (SSSR count). The quantitative estimate of drug-likeness (QED) is 0.206. The lowest BCUT2D eigenvalue weighted by Gasteiger charge is -2.33. The Kier molecular flexibility index (Phi) is 20.6. The Labute approximate surface area is 230 Å². The molecule has 4 aromatic carbocycles. The predicted molar refractivity (Wildman–Crippen MR) is 172 cm³/mol. The first-order valence-corrected chi connectivity index (χ1v) is 17.3. The van der Waals surface area contributed by atoms with Crippen molar-refractivity contribution in [2.24, 2.45) is 0 Å². The van der Waals surface area contributed by atoms with Crippen LogP contribution in [-0.2, 0) is 24.2 Å². The van der Waals surface area contributed by atoms with Crippen LogP contribution in [0, 0.1) is 0 Å². The molecule has 37 heavy (non-hydrogen) atoms. The Morgan fingerprint density at radius 1 is 0.297 bits per heavy atom. The van der Waals surface area contributed by atoms with E-state index < -0.39 is 8.07 Å². The Morgan fingerprint density at radius 2 is 0.459 bits per heavy atom. The van der Waals surface area contributed by atoms with E-state index in [0.717, 1.165) is 0 Å². The van der Waals surface area contributed by atoms with E-state index in [4.69, 9.17) is 0 Å². The van der Waals surface area contributed by atoms with Crippen molar-refractivity contribution < 1.29 is 0 Å². The van der Waals surface area contributed by atoms with Gasteiger partial charge in [-0.2, -0.15) is 0 Å². The Balaban J connectivity index is 0.00000148. The van der Waals surface area contributed by atoms with Crippen molar-refractivity contribution >= 4 is 8.07 Å². The summed E-state index contributed by atoms with van der Waals surface area (Å²) in [5.41, 5.74) is 5.90. The van der Waals surface area contributed by atoms with Crippen molar-refractivity contribution in [3.05, 3.63) is 144 Å². The van der Waals surface area contributed by atoms with E-state index in [1.54, 1.807) is 0 Å². The lowest BCUT2D eigenvalue weighted by molar-refractivity contribution is 1.06. The monoisotopic (exact) mass is 512 g/mol. The van der Waals surface area contributed by atoms with E-state index in [0.29, 0.717) is 0 Å². The maximum absolute atomic E-state index is 2.31. The minimum atomic E-state index is -1.76. The third-order valence-electron chi connectivity index (χ3n) is 5.69. The first-order valence-electron chi connectivity index (χ1n) is 14.5. The summed E-state index contributed by atoms with van der Waals surface area (Å²) in [7, 11) is -1.76. The topological polar surface area (TPSA) is 0 Å². The molecular weight excluding hydrogens is 460 g/mol. The molecule has 0 aliphatic heterocycles. The largest absolute Gasteiger partial charge is 0.0710 e. The van der Waals surface area contributed by atoms with Crippen LogP contribution in [0.25, 0.3) is 0 Å². The summed E-state index contributed by atoms with van der Waals surface area (Å²) in [6.45, 7) is 16.0. The molecule has 0 bridgehead atoms. The molecule has 0 radical (unpaired) electrons. The minimum absolute atomic E-state index is 1.20. The van der Waals surface area contributed by atoms with Crippen LogP contribution in [0.5, 0.6) is 0 Å². The van der Waals surface area contributed by atoms with Gasteiger partial charge in [0, 0.05) is 0 Å². The van der Waals surface area contributed by atoms with Crippen molar-refractivity contribution in [2.75, 3.05) is 0 Å². The summed E-state index contributed by atoms with van der Waals surface area (Å²) in [5, 5.41) is 0. The smallest absolute Gasteiger partial charge is 0.0683 e. The molecule has 0 fully saturated rings. The third-order valence-corrected chi connectivity index (χ3v) is 10.3. The number of hydrogen-bond donors (Lipinski definition) is 0. The molecule has 1 heteroatoms. The number of hydrogen-bond acceptors (Lipinski definition) is 0. The highest BCUT2D eigenvalue weighted by atomic mass is 28.3. The summed E-state index contributed by atoms with van der Waals surface area (Å²) >= 11 is 0. The molecule has 0 saturated carbocycles. The van der Waals surface area contributed by atoms with Crippen LogP contribution < -0.4 is 0 Å². The molecule has 0 saturated heterocycles. The molecule has 0 heterocycles. The summed E-state index contributed by atoms with van der Waals surface area (Å²) in [4.78, 5) is 0. The van der Waals surface area contributed by atoms with Gasteiger partial charge in [-0.05, 0) is 24.2 Å². The molecule has 0 atom stereocenters. The fraction of sp³-hybridized carbons (Fsp3) is 0.333. The second kappa shape index (κ2) is 22.3. The normalized spacial score (nSPS) is 9.51. The highest BCUT2D eigenvalue weighted by Crippen LogP contribution is 2.26. The zero-order valence-electron chi connectivity index (χ0n) is 24.9. The van der Waals surface area contributed by atoms with Crippen LogP contribution >= 0.6 is 0 Å². The molecule has 0 aliphatic rings. The molecule has 0 amide bonds. The lowest BCUT2D eigenvalue weighted by Crippen LogP contribution is -2.46. The van der Waals surface area contributed by atoms with Gasteiger partial charge < -0.3 is 0 Å². The van der Waals surface area contributed by atoms with Gasteiger partial charge in [0.15, 0.2) is 0 Å². The Bertz CT molecular complexity index is 808. The second-order valence-corrected chi connectivity index (χ2v) is 12.6. The zero-order chi connectivity index (χ0) is 27.8. The third kappa shape index (κ3) is 13.3. The van der Waals surface area contributed by atoms with Crippen molar-refractivity contribution in [1.29, 1.82) is 0 Å². The minimum Gasteiger partial charge on any atom is -0.0683 e. The summed E-state index contributed by atoms with van der Waals surface area (Å²) in [6, 6.07) is 49.2. The molecule has 4 aromatic rings. The van der Waals surface area contributed by atoms with Crippen LogP contribution in [0.2, 0.25) is 0 Å². The van der Waals surface area contributed by atoms with Crippen molar-refractivity contribution in [2.45, 2.75) is 79.6 Å². The van der Waals surface area contributed by atoms with E-state index in [9.17, 15) is 0 Å². The van der Waals surface area contributed by atoms with Crippen molar-refractivity contribution in [3.8, 4) is 0 Å². The first kappa shape index (κ1) is 34.1. The highest BCUT2D eigenvalue weighted by Gasteiger charge is 2.34. The molecular formula is C36H52Si. The molecule has 0 spiro atoms. The van der Waals surface area contributed by atoms with Crippen molar-refractivity contribution in [3.63, 3.8) is 0 Å². The predicted octanol–water partition coefficient (Wildman–Crippen LogP) is 10.7. The highest BCUT2D eigenvalue weighted by molar-refractivity contribution is 6.77. The molecule has 0 nitrogen and oxygen atoms in total. The number of rotatable bonds is 8.